The van der Waals surface area contributed by atoms with Crippen LogP contribution in [0.2, 0.25) is 5.02 Å². The van der Waals surface area contributed by atoms with E-state index in [1.54, 1.807) is 16.3 Å². The second-order valence-electron chi connectivity index (χ2n) is 6.15. The zero-order valence-corrected chi connectivity index (χ0v) is 15.8. The highest BCUT2D eigenvalue weighted by Crippen LogP contribution is 2.40. The summed E-state index contributed by atoms with van der Waals surface area (Å²) >= 11 is 7.44. The fourth-order valence-corrected chi connectivity index (χ4v) is 4.20. The van der Waals surface area contributed by atoms with Crippen molar-refractivity contribution in [2.75, 3.05) is 16.3 Å². The molecule has 0 saturated heterocycles. The van der Waals surface area contributed by atoms with E-state index in [0.717, 1.165) is 11.1 Å². The number of aryl methyl sites for hydroxylation is 2. The van der Waals surface area contributed by atoms with Crippen molar-refractivity contribution in [2.24, 2.45) is 0 Å². The van der Waals surface area contributed by atoms with Crippen LogP contribution in [0.15, 0.2) is 23.6 Å². The number of amides is 2. The lowest BCUT2D eigenvalue weighted by Gasteiger charge is -2.41. The molecule has 0 bridgehead atoms. The van der Waals surface area contributed by atoms with Crippen molar-refractivity contribution in [2.45, 2.75) is 33.2 Å². The van der Waals surface area contributed by atoms with Gasteiger partial charge in [-0.05, 0) is 55.0 Å². The molecule has 2 heterocycles. The van der Waals surface area contributed by atoms with Gasteiger partial charge in [-0.3, -0.25) is 9.69 Å². The molecule has 0 radical (unpaired) electrons. The van der Waals surface area contributed by atoms with Gasteiger partial charge in [0, 0.05) is 6.54 Å². The van der Waals surface area contributed by atoms with Crippen LogP contribution in [0.4, 0.5) is 16.2 Å². The maximum Gasteiger partial charge on any atom is 0.412 e. The maximum atomic E-state index is 13.1. The number of rotatable bonds is 2. The highest BCUT2D eigenvalue weighted by atomic mass is 35.5. The molecule has 1 unspecified atom stereocenters. The Morgan fingerprint density at radius 3 is 2.44 bits per heavy atom. The van der Waals surface area contributed by atoms with E-state index in [2.05, 4.69) is 0 Å². The Morgan fingerprint density at radius 2 is 1.92 bits per heavy atom. The lowest BCUT2D eigenvalue weighted by atomic mass is 10.0. The molecule has 1 aromatic heterocycles. The third-order valence-corrected chi connectivity index (χ3v) is 5.96. The van der Waals surface area contributed by atoms with Crippen LogP contribution in [-0.2, 0) is 0 Å². The van der Waals surface area contributed by atoms with Crippen LogP contribution in [0.25, 0.3) is 0 Å². The Morgan fingerprint density at radius 1 is 1.28 bits per heavy atom. The van der Waals surface area contributed by atoms with Gasteiger partial charge in [0.15, 0.2) is 0 Å². The van der Waals surface area contributed by atoms with Gasteiger partial charge in [-0.1, -0.05) is 18.5 Å². The van der Waals surface area contributed by atoms with Gasteiger partial charge in [0.25, 0.3) is 5.91 Å². The standard InChI is InChI=1S/C18H19ClN2O3S/c1-4-12-9-20(17(22)16-13(19)5-6-25-16)14-7-10(2)11(3)8-15(14)21(12)18(23)24/h5-8,12H,4,9H2,1-3H3,(H,23,24). The third kappa shape index (κ3) is 3.00. The molecule has 25 heavy (non-hydrogen) atoms. The molecule has 1 N–H and O–H groups in total. The van der Waals surface area contributed by atoms with Gasteiger partial charge in [0.1, 0.15) is 4.88 Å². The van der Waals surface area contributed by atoms with E-state index in [0.29, 0.717) is 34.2 Å². The summed E-state index contributed by atoms with van der Waals surface area (Å²) in [5, 5.41) is 11.9. The van der Waals surface area contributed by atoms with Crippen molar-refractivity contribution in [1.29, 1.82) is 0 Å². The molecule has 3 rings (SSSR count). The molecule has 1 aliphatic rings. The van der Waals surface area contributed by atoms with Gasteiger partial charge < -0.3 is 10.0 Å². The van der Waals surface area contributed by atoms with E-state index in [1.807, 2.05) is 32.9 Å². The Balaban J connectivity index is 2.16. The number of anilines is 2. The van der Waals surface area contributed by atoms with Crippen molar-refractivity contribution >= 4 is 46.3 Å². The first-order valence-electron chi connectivity index (χ1n) is 8.03. The minimum absolute atomic E-state index is 0.187. The predicted molar refractivity (Wildman–Crippen MR) is 102 cm³/mol. The molecule has 1 atom stereocenters. The van der Waals surface area contributed by atoms with Crippen molar-refractivity contribution in [3.63, 3.8) is 0 Å². The minimum Gasteiger partial charge on any atom is -0.465 e. The zero-order chi connectivity index (χ0) is 18.3. The van der Waals surface area contributed by atoms with Crippen molar-refractivity contribution in [3.05, 3.63) is 44.6 Å². The second kappa shape index (κ2) is 6.69. The van der Waals surface area contributed by atoms with Crippen LogP contribution in [-0.4, -0.2) is 29.7 Å². The highest BCUT2D eigenvalue weighted by molar-refractivity contribution is 7.12. The lowest BCUT2D eigenvalue weighted by molar-refractivity contribution is 0.0986. The quantitative estimate of drug-likeness (QED) is 0.804. The molecule has 2 aromatic rings. The SMILES string of the molecule is CCC1CN(C(=O)c2sccc2Cl)c2cc(C)c(C)cc2N1C(=O)O. The Bertz CT molecular complexity index is 849. The first-order valence-corrected chi connectivity index (χ1v) is 9.29. The first kappa shape index (κ1) is 17.8. The fraction of sp³-hybridized carbons (Fsp3) is 0.333. The van der Waals surface area contributed by atoms with Crippen LogP contribution < -0.4 is 9.80 Å². The zero-order valence-electron chi connectivity index (χ0n) is 14.2. The molecule has 0 saturated carbocycles. The summed E-state index contributed by atoms with van der Waals surface area (Å²) in [6, 6.07) is 5.13. The number of hydrogen-bond donors (Lipinski definition) is 1. The summed E-state index contributed by atoms with van der Waals surface area (Å²) in [6.07, 6.45) is -0.390. The van der Waals surface area contributed by atoms with Gasteiger partial charge in [0.05, 0.1) is 22.4 Å². The van der Waals surface area contributed by atoms with E-state index in [1.165, 1.54) is 16.2 Å². The molecule has 0 fully saturated rings. The van der Waals surface area contributed by atoms with Crippen molar-refractivity contribution < 1.29 is 14.7 Å². The van der Waals surface area contributed by atoms with Crippen molar-refractivity contribution in [1.82, 2.24) is 0 Å². The van der Waals surface area contributed by atoms with Gasteiger partial charge in [0.2, 0.25) is 0 Å². The van der Waals surface area contributed by atoms with Crippen LogP contribution in [0.5, 0.6) is 0 Å². The van der Waals surface area contributed by atoms with Crippen LogP contribution in [0.3, 0.4) is 0 Å². The smallest absolute Gasteiger partial charge is 0.412 e. The number of thiophene rings is 1. The maximum absolute atomic E-state index is 13.1. The van der Waals surface area contributed by atoms with Gasteiger partial charge >= 0.3 is 6.09 Å². The molecule has 7 heteroatoms. The van der Waals surface area contributed by atoms with Crippen LogP contribution in [0.1, 0.15) is 34.1 Å². The summed E-state index contributed by atoms with van der Waals surface area (Å²) in [7, 11) is 0. The topological polar surface area (TPSA) is 60.9 Å². The monoisotopic (exact) mass is 378 g/mol. The molecular weight excluding hydrogens is 360 g/mol. The second-order valence-corrected chi connectivity index (χ2v) is 7.48. The van der Waals surface area contributed by atoms with Gasteiger partial charge in [-0.15, -0.1) is 11.3 Å². The van der Waals surface area contributed by atoms with E-state index in [-0.39, 0.29) is 11.9 Å². The number of benzene rings is 1. The Hall–Kier alpha value is -2.05. The number of carbonyl (C=O) groups excluding carboxylic acids is 1. The molecule has 0 aliphatic carbocycles. The third-order valence-electron chi connectivity index (χ3n) is 4.63. The van der Waals surface area contributed by atoms with E-state index < -0.39 is 6.09 Å². The summed E-state index contributed by atoms with van der Waals surface area (Å²) in [6.45, 7) is 6.12. The number of carbonyl (C=O) groups is 2. The number of hydrogen-bond acceptors (Lipinski definition) is 3. The largest absolute Gasteiger partial charge is 0.465 e. The van der Waals surface area contributed by atoms with Crippen molar-refractivity contribution in [3.8, 4) is 0 Å². The number of halogens is 1. The summed E-state index contributed by atoms with van der Waals surface area (Å²) in [4.78, 5) is 28.4. The van der Waals surface area contributed by atoms with Gasteiger partial charge in [-0.25, -0.2) is 4.79 Å². The fourth-order valence-electron chi connectivity index (χ4n) is 3.11. The molecule has 132 valence electrons. The predicted octanol–water partition coefficient (Wildman–Crippen LogP) is 4.94. The molecule has 1 aromatic carbocycles. The molecule has 2 amide bonds. The minimum atomic E-state index is -1.00. The number of fused-ring (bicyclic) bond motifs is 1. The summed E-state index contributed by atoms with van der Waals surface area (Å²) in [5.74, 6) is -0.187. The average Bonchev–Trinajstić information content (AvgIpc) is 2.99. The molecule has 5 nitrogen and oxygen atoms in total. The Kier molecular flexibility index (Phi) is 4.75. The summed E-state index contributed by atoms with van der Waals surface area (Å²) < 4.78 is 0. The van der Waals surface area contributed by atoms with E-state index >= 15 is 0 Å². The average molecular weight is 379 g/mol. The number of carboxylic acid groups (broad SMARTS) is 1. The molecular formula is C18H19ClN2O3S. The van der Waals surface area contributed by atoms with Crippen LogP contribution >= 0.6 is 22.9 Å². The van der Waals surface area contributed by atoms with E-state index in [9.17, 15) is 14.7 Å². The summed E-state index contributed by atoms with van der Waals surface area (Å²) in [5.41, 5.74) is 3.16. The van der Waals surface area contributed by atoms with E-state index in [4.69, 9.17) is 11.6 Å². The lowest BCUT2D eigenvalue weighted by Crippen LogP contribution is -2.52. The molecule has 0 spiro atoms. The molecule has 1 aliphatic heterocycles. The first-order chi connectivity index (χ1) is 11.8. The van der Waals surface area contributed by atoms with Crippen LogP contribution in [0, 0.1) is 13.8 Å². The highest BCUT2D eigenvalue weighted by Gasteiger charge is 2.37. The van der Waals surface area contributed by atoms with Gasteiger partial charge in [-0.2, -0.15) is 0 Å². The Labute approximate surface area is 155 Å². The normalized spacial score (nSPS) is 16.7. The number of nitrogens with zero attached hydrogens (tertiary/aromatic N) is 2.